The van der Waals surface area contributed by atoms with Crippen molar-refractivity contribution in [2.45, 2.75) is 14.7 Å². The van der Waals surface area contributed by atoms with Crippen LogP contribution < -0.4 is 16.0 Å². The Labute approximate surface area is 323 Å². The zero-order valence-electron chi connectivity index (χ0n) is 28.8. The van der Waals surface area contributed by atoms with Crippen molar-refractivity contribution >= 4 is 98.5 Å². The van der Waals surface area contributed by atoms with Crippen molar-refractivity contribution in [2.75, 3.05) is 29.1 Å². The minimum Gasteiger partial charge on any atom is -0.505 e. The molecule has 0 aliphatic rings. The van der Waals surface area contributed by atoms with Gasteiger partial charge in [0.25, 0.3) is 30.4 Å². The number of nitrogens with zero attached hydrogens (tertiary/aromatic N) is 5. The summed E-state index contributed by atoms with van der Waals surface area (Å²) in [4.78, 5) is 22.8. The van der Waals surface area contributed by atoms with Crippen molar-refractivity contribution in [1.29, 1.82) is 0 Å². The van der Waals surface area contributed by atoms with Gasteiger partial charge in [-0.15, -0.1) is 10.2 Å². The number of hydrogen-bond donors (Lipinski definition) is 7. The quantitative estimate of drug-likeness (QED) is 0.0228. The van der Waals surface area contributed by atoms with Gasteiger partial charge in [-0.3, -0.25) is 13.7 Å². The highest BCUT2D eigenvalue weighted by atomic mass is 32.2. The minimum absolute atomic E-state index is 0.0155. The molecule has 0 aliphatic carbocycles. The first-order valence-electron chi connectivity index (χ1n) is 16.0. The molecule has 0 saturated heterocycles. The summed E-state index contributed by atoms with van der Waals surface area (Å²) in [6.45, 7) is 3.16. The number of carbonyl (C=O) groups is 1. The number of benzene rings is 5. The maximum absolute atomic E-state index is 12.4. The number of ether oxygens (including phenoxy) is 1. The van der Waals surface area contributed by atoms with E-state index in [2.05, 4.69) is 47.7 Å². The largest absolute Gasteiger partial charge is 0.505 e. The predicted molar refractivity (Wildman–Crippen MR) is 206 cm³/mol. The Balaban J connectivity index is 1.43. The summed E-state index contributed by atoms with van der Waals surface area (Å²) < 4.78 is 107. The maximum Gasteiger partial charge on any atom is 0.330 e. The molecule has 20 nitrogen and oxygen atoms in total. The van der Waals surface area contributed by atoms with Gasteiger partial charge in [-0.1, -0.05) is 43.0 Å². The van der Waals surface area contributed by atoms with Gasteiger partial charge < -0.3 is 25.8 Å². The molecular formula is C34H28N8O12S3. The fourth-order valence-electron chi connectivity index (χ4n) is 5.33. The van der Waals surface area contributed by atoms with Crippen LogP contribution in [0.3, 0.4) is 0 Å². The number of phenolic OH excluding ortho intramolecular Hbond substituents is 1. The van der Waals surface area contributed by atoms with Crippen LogP contribution in [-0.4, -0.2) is 78.1 Å². The Hall–Kier alpha value is -6.63. The molecule has 0 radical (unpaired) electrons. The van der Waals surface area contributed by atoms with Crippen LogP contribution in [0.4, 0.5) is 40.6 Å². The van der Waals surface area contributed by atoms with Crippen LogP contribution in [0.1, 0.15) is 0 Å². The summed E-state index contributed by atoms with van der Waals surface area (Å²) in [5, 5.41) is 28.6. The first-order chi connectivity index (χ1) is 26.9. The summed E-state index contributed by atoms with van der Waals surface area (Å²) in [6, 6.07) is 18.6. The van der Waals surface area contributed by atoms with Crippen molar-refractivity contribution in [3.63, 3.8) is 0 Å². The first-order valence-corrected chi connectivity index (χ1v) is 20.3. The minimum atomic E-state index is -4.84. The number of anilines is 5. The number of phenols is 1. The standard InChI is InChI=1S/C34H28N8O12S3/c1-2-28(43)54-16-15-35-32-38-33(36-21-9-11-22(12-10-21)55(45,46)47)40-34(39-32)37-27-18-23(56(48,49)50)17-20-8-13-25(30(44)29(20)27)41-42-26-14-7-19-5-3-4-6-24(19)31(26)57(51,52)53/h2-14,17-18,44H,1,15-16H2,(H,45,46,47)(H,48,49,50)(H,51,52,53)(H3,35,36,37,38,39,40)/b42-41+. The van der Waals surface area contributed by atoms with Gasteiger partial charge in [0, 0.05) is 22.5 Å². The summed E-state index contributed by atoms with van der Waals surface area (Å²) in [5.41, 5.74) is -0.435. The molecule has 5 aromatic carbocycles. The Kier molecular flexibility index (Phi) is 11.1. The van der Waals surface area contributed by atoms with E-state index in [1.54, 1.807) is 24.3 Å². The molecule has 7 N–H and O–H groups in total. The van der Waals surface area contributed by atoms with E-state index in [0.29, 0.717) is 5.39 Å². The van der Waals surface area contributed by atoms with Crippen molar-refractivity contribution in [2.24, 2.45) is 10.2 Å². The lowest BCUT2D eigenvalue weighted by molar-refractivity contribution is -0.137. The van der Waals surface area contributed by atoms with E-state index < -0.39 is 51.9 Å². The van der Waals surface area contributed by atoms with Gasteiger partial charge in [-0.2, -0.15) is 40.2 Å². The number of carbonyl (C=O) groups excluding carboxylic acids is 1. The summed E-state index contributed by atoms with van der Waals surface area (Å²) >= 11 is 0. The van der Waals surface area contributed by atoms with Gasteiger partial charge in [-0.25, -0.2) is 4.79 Å². The second-order valence-electron chi connectivity index (χ2n) is 11.6. The van der Waals surface area contributed by atoms with E-state index in [1.807, 2.05) is 0 Å². The number of nitrogens with one attached hydrogen (secondary N) is 3. The molecule has 0 atom stereocenters. The SMILES string of the molecule is C=CC(=O)OCCNc1nc(Nc2ccc(S(=O)(=O)O)cc2)nc(Nc2cc(S(=O)(=O)O)cc3ccc(/N=N/c4ccc5ccccc5c4S(=O)(=O)O)c(O)c23)n1. The van der Waals surface area contributed by atoms with Gasteiger partial charge >= 0.3 is 5.97 Å². The molecule has 1 heterocycles. The van der Waals surface area contributed by atoms with Crippen molar-refractivity contribution in [3.8, 4) is 5.75 Å². The van der Waals surface area contributed by atoms with Crippen LogP contribution in [0.25, 0.3) is 21.5 Å². The number of aromatic hydroxyl groups is 1. The predicted octanol–water partition coefficient (Wildman–Crippen LogP) is 5.67. The van der Waals surface area contributed by atoms with Crippen molar-refractivity contribution in [3.05, 3.63) is 97.6 Å². The summed E-state index contributed by atoms with van der Waals surface area (Å²) in [7, 11) is -14.1. The lowest BCUT2D eigenvalue weighted by atomic mass is 10.1. The molecule has 6 aromatic rings. The van der Waals surface area contributed by atoms with Gasteiger partial charge in [0.05, 0.1) is 22.0 Å². The highest BCUT2D eigenvalue weighted by Gasteiger charge is 2.22. The van der Waals surface area contributed by atoms with Crippen LogP contribution in [0.5, 0.6) is 5.75 Å². The highest BCUT2D eigenvalue weighted by molar-refractivity contribution is 7.86. The van der Waals surface area contributed by atoms with Crippen LogP contribution in [0.2, 0.25) is 0 Å². The molecular weight excluding hydrogens is 809 g/mol. The number of hydrogen-bond acceptors (Lipinski definition) is 17. The molecule has 294 valence electrons. The van der Waals surface area contributed by atoms with Crippen LogP contribution in [0.15, 0.2) is 122 Å². The average molecular weight is 837 g/mol. The molecule has 0 fully saturated rings. The van der Waals surface area contributed by atoms with Gasteiger partial charge in [-0.05, 0) is 59.3 Å². The monoisotopic (exact) mass is 836 g/mol. The lowest BCUT2D eigenvalue weighted by Gasteiger charge is -2.15. The molecule has 6 rings (SSSR count). The maximum atomic E-state index is 12.4. The molecule has 1 aromatic heterocycles. The normalized spacial score (nSPS) is 12.1. The zero-order valence-corrected chi connectivity index (χ0v) is 31.2. The average Bonchev–Trinajstić information content (AvgIpc) is 3.14. The van der Waals surface area contributed by atoms with E-state index in [9.17, 15) is 48.8 Å². The van der Waals surface area contributed by atoms with Crippen molar-refractivity contribution in [1.82, 2.24) is 15.0 Å². The van der Waals surface area contributed by atoms with E-state index in [1.165, 1.54) is 36.4 Å². The molecule has 0 unspecified atom stereocenters. The number of fused-ring (bicyclic) bond motifs is 2. The topological polar surface area (TPSA) is 309 Å². The Morgan fingerprint density at radius 1 is 0.719 bits per heavy atom. The second-order valence-corrected chi connectivity index (χ2v) is 15.8. The summed E-state index contributed by atoms with van der Waals surface area (Å²) in [6.07, 6.45) is 0.966. The molecule has 0 amide bonds. The van der Waals surface area contributed by atoms with Gasteiger partial charge in [0.1, 0.15) is 22.9 Å². The van der Waals surface area contributed by atoms with E-state index >= 15 is 0 Å². The molecule has 57 heavy (non-hydrogen) atoms. The Morgan fingerprint density at radius 2 is 1.33 bits per heavy atom. The first kappa shape index (κ1) is 40.0. The van der Waals surface area contributed by atoms with Crippen molar-refractivity contribution < 1.29 is 53.5 Å². The lowest BCUT2D eigenvalue weighted by Crippen LogP contribution is -2.15. The van der Waals surface area contributed by atoms with Gasteiger partial charge in [0.15, 0.2) is 5.75 Å². The molecule has 0 spiro atoms. The third-order valence-corrected chi connectivity index (χ3v) is 10.5. The molecule has 23 heteroatoms. The summed E-state index contributed by atoms with van der Waals surface area (Å²) in [5.74, 6) is -1.87. The Bertz CT molecular complexity index is 2950. The number of esters is 1. The number of aromatic nitrogens is 3. The van der Waals surface area contributed by atoms with E-state index in [-0.39, 0.29) is 74.8 Å². The Morgan fingerprint density at radius 3 is 2.00 bits per heavy atom. The molecule has 0 aliphatic heterocycles. The fraction of sp³-hybridized carbons (Fsp3) is 0.0588. The van der Waals surface area contributed by atoms with E-state index in [4.69, 9.17) is 4.74 Å². The third kappa shape index (κ3) is 9.43. The smallest absolute Gasteiger partial charge is 0.330 e. The fourth-order valence-corrected chi connectivity index (χ4v) is 7.19. The van der Waals surface area contributed by atoms with Crippen LogP contribution >= 0.6 is 0 Å². The molecule has 0 bridgehead atoms. The number of rotatable bonds is 14. The third-order valence-electron chi connectivity index (χ3n) is 7.81. The van der Waals surface area contributed by atoms with E-state index in [0.717, 1.165) is 30.3 Å². The highest BCUT2D eigenvalue weighted by Crippen LogP contribution is 2.42. The number of azo groups is 1. The second kappa shape index (κ2) is 15.8. The zero-order chi connectivity index (χ0) is 41.1. The van der Waals surface area contributed by atoms with Gasteiger partial charge in [0.2, 0.25) is 17.8 Å². The van der Waals surface area contributed by atoms with Crippen LogP contribution in [-0.2, 0) is 39.9 Å². The van der Waals surface area contributed by atoms with Crippen LogP contribution in [0, 0.1) is 0 Å². The molecule has 0 saturated carbocycles.